The molecule has 3 aromatic rings. The third-order valence-electron chi connectivity index (χ3n) is 4.75. The normalized spacial score (nSPS) is 11.7. The molecule has 3 rings (SSSR count). The van der Waals surface area contributed by atoms with Crippen LogP contribution in [0.2, 0.25) is 0 Å². The largest absolute Gasteiger partial charge is 0.497 e. The molecule has 0 saturated heterocycles. The molecule has 1 amide bonds. The number of hydrogen-bond donors (Lipinski definition) is 0. The van der Waals surface area contributed by atoms with Crippen LogP contribution in [0, 0.1) is 0 Å². The fourth-order valence-corrected chi connectivity index (χ4v) is 2.97. The Morgan fingerprint density at radius 2 is 1.81 bits per heavy atom. The quantitative estimate of drug-likeness (QED) is 0.652. The van der Waals surface area contributed by atoms with Crippen molar-refractivity contribution in [2.24, 2.45) is 0 Å². The van der Waals surface area contributed by atoms with Crippen LogP contribution in [0.25, 0.3) is 11.1 Å². The Morgan fingerprint density at radius 3 is 2.48 bits per heavy atom. The van der Waals surface area contributed by atoms with Crippen LogP contribution in [0.5, 0.6) is 5.75 Å². The molecule has 27 heavy (non-hydrogen) atoms. The summed E-state index contributed by atoms with van der Waals surface area (Å²) in [6.45, 7) is 2.04. The van der Waals surface area contributed by atoms with E-state index in [0.717, 1.165) is 29.0 Å². The van der Waals surface area contributed by atoms with Crippen molar-refractivity contribution in [3.05, 3.63) is 84.2 Å². The summed E-state index contributed by atoms with van der Waals surface area (Å²) in [4.78, 5) is 18.9. The maximum Gasteiger partial charge on any atom is 0.253 e. The Balaban J connectivity index is 1.71. The first-order valence-corrected chi connectivity index (χ1v) is 9.00. The zero-order valence-electron chi connectivity index (χ0n) is 15.9. The van der Waals surface area contributed by atoms with Crippen LogP contribution in [0.15, 0.2) is 72.9 Å². The Labute approximate surface area is 160 Å². The molecule has 0 aliphatic rings. The average molecular weight is 360 g/mol. The van der Waals surface area contributed by atoms with E-state index in [0.29, 0.717) is 5.56 Å². The molecule has 2 aromatic carbocycles. The van der Waals surface area contributed by atoms with Gasteiger partial charge in [0.05, 0.1) is 7.11 Å². The predicted octanol–water partition coefficient (Wildman–Crippen LogP) is 4.46. The molecule has 1 aromatic heterocycles. The van der Waals surface area contributed by atoms with Crippen molar-refractivity contribution in [2.45, 2.75) is 19.4 Å². The lowest BCUT2D eigenvalue weighted by molar-refractivity contribution is 0.0743. The first-order valence-electron chi connectivity index (χ1n) is 9.00. The number of methoxy groups -OCH3 is 1. The Bertz CT molecular complexity index is 892. The predicted molar refractivity (Wildman–Crippen MR) is 108 cm³/mol. The molecular formula is C23H24N2O2. The third kappa shape index (κ3) is 4.53. The van der Waals surface area contributed by atoms with Crippen LogP contribution >= 0.6 is 0 Å². The summed E-state index contributed by atoms with van der Waals surface area (Å²) < 4.78 is 5.28. The van der Waals surface area contributed by atoms with Crippen molar-refractivity contribution in [3.8, 4) is 16.9 Å². The summed E-state index contributed by atoms with van der Waals surface area (Å²) in [6.07, 6.45) is 2.51. The van der Waals surface area contributed by atoms with Crippen LogP contribution in [0.4, 0.5) is 0 Å². The Hall–Kier alpha value is -3.14. The number of hydrogen-bond acceptors (Lipinski definition) is 3. The first kappa shape index (κ1) is 18.6. The van der Waals surface area contributed by atoms with Crippen LogP contribution in [0.3, 0.4) is 0 Å². The van der Waals surface area contributed by atoms with Gasteiger partial charge in [-0.1, -0.05) is 30.3 Å². The second-order valence-electron chi connectivity index (χ2n) is 6.60. The van der Waals surface area contributed by atoms with Gasteiger partial charge in [-0.2, -0.15) is 0 Å². The summed E-state index contributed by atoms with van der Waals surface area (Å²) in [5, 5.41) is 0. The molecule has 0 aliphatic carbocycles. The van der Waals surface area contributed by atoms with Crippen molar-refractivity contribution in [1.29, 1.82) is 0 Å². The maximum absolute atomic E-state index is 12.8. The summed E-state index contributed by atoms with van der Waals surface area (Å²) >= 11 is 0. The van der Waals surface area contributed by atoms with Gasteiger partial charge in [0.25, 0.3) is 5.91 Å². The van der Waals surface area contributed by atoms with Crippen molar-refractivity contribution < 1.29 is 9.53 Å². The molecule has 0 N–H and O–H groups in total. The van der Waals surface area contributed by atoms with Gasteiger partial charge in [0.2, 0.25) is 0 Å². The van der Waals surface area contributed by atoms with Crippen LogP contribution in [-0.2, 0) is 6.42 Å². The van der Waals surface area contributed by atoms with E-state index < -0.39 is 0 Å². The third-order valence-corrected chi connectivity index (χ3v) is 4.75. The highest BCUT2D eigenvalue weighted by atomic mass is 16.5. The molecule has 1 atom stereocenters. The molecule has 0 spiro atoms. The molecule has 0 bridgehead atoms. The number of amides is 1. The highest BCUT2D eigenvalue weighted by molar-refractivity contribution is 5.94. The van der Waals surface area contributed by atoms with Crippen LogP contribution in [-0.4, -0.2) is 36.0 Å². The number of carbonyl (C=O) groups is 1. The molecule has 0 fully saturated rings. The highest BCUT2D eigenvalue weighted by Gasteiger charge is 2.18. The molecular weight excluding hydrogens is 336 g/mol. The lowest BCUT2D eigenvalue weighted by Crippen LogP contribution is -2.36. The van der Waals surface area contributed by atoms with Gasteiger partial charge < -0.3 is 9.64 Å². The second-order valence-corrected chi connectivity index (χ2v) is 6.60. The number of aromatic nitrogens is 1. The highest BCUT2D eigenvalue weighted by Crippen LogP contribution is 2.24. The van der Waals surface area contributed by atoms with Crippen molar-refractivity contribution in [3.63, 3.8) is 0 Å². The number of carbonyl (C=O) groups excluding carboxylic acids is 1. The number of likely N-dealkylation sites (N-methyl/N-ethyl adjacent to an activating group) is 1. The monoisotopic (exact) mass is 360 g/mol. The number of pyridine rings is 1. The molecule has 0 radical (unpaired) electrons. The SMILES string of the molecule is COc1cccc(-c2ccc(C(=O)N(C)[C@@H](C)Cc3ccccn3)cc2)c1. The number of benzene rings is 2. The van der Waals surface area contributed by atoms with Gasteiger partial charge in [-0.3, -0.25) is 9.78 Å². The van der Waals surface area contributed by atoms with Crippen LogP contribution < -0.4 is 4.74 Å². The van der Waals surface area contributed by atoms with Gasteiger partial charge in [-0.15, -0.1) is 0 Å². The molecule has 138 valence electrons. The van der Waals surface area contributed by atoms with Gasteiger partial charge in [-0.25, -0.2) is 0 Å². The van der Waals surface area contributed by atoms with Crippen molar-refractivity contribution in [2.75, 3.05) is 14.2 Å². The first-order chi connectivity index (χ1) is 13.1. The lowest BCUT2D eigenvalue weighted by Gasteiger charge is -2.25. The maximum atomic E-state index is 12.8. The van der Waals surface area contributed by atoms with E-state index in [2.05, 4.69) is 4.98 Å². The summed E-state index contributed by atoms with van der Waals surface area (Å²) in [5.74, 6) is 0.825. The standard InChI is InChI=1S/C23H24N2O2/c1-17(15-21-8-4-5-14-24-21)25(2)23(26)19-12-10-18(11-13-19)20-7-6-9-22(16-20)27-3/h4-14,16-17H,15H2,1-3H3/t17-/m0/s1. The average Bonchev–Trinajstić information content (AvgIpc) is 2.73. The van der Waals surface area contributed by atoms with Crippen molar-refractivity contribution >= 4 is 5.91 Å². The summed E-state index contributed by atoms with van der Waals surface area (Å²) in [5.41, 5.74) is 3.77. The zero-order valence-corrected chi connectivity index (χ0v) is 15.9. The molecule has 1 heterocycles. The molecule has 0 saturated carbocycles. The Morgan fingerprint density at radius 1 is 1.04 bits per heavy atom. The number of ether oxygens (including phenoxy) is 1. The molecule has 0 unspecified atom stereocenters. The fraction of sp³-hybridized carbons (Fsp3) is 0.217. The van der Waals surface area contributed by atoms with Gasteiger partial charge >= 0.3 is 0 Å². The minimum Gasteiger partial charge on any atom is -0.497 e. The minimum absolute atomic E-state index is 0.00984. The van der Waals surface area contributed by atoms with Gasteiger partial charge in [0.15, 0.2) is 0 Å². The van der Waals surface area contributed by atoms with E-state index >= 15 is 0 Å². The lowest BCUT2D eigenvalue weighted by atomic mass is 10.0. The van der Waals surface area contributed by atoms with E-state index in [-0.39, 0.29) is 11.9 Å². The van der Waals surface area contributed by atoms with E-state index in [1.807, 2.05) is 80.7 Å². The summed E-state index contributed by atoms with van der Waals surface area (Å²) in [7, 11) is 3.49. The topological polar surface area (TPSA) is 42.4 Å². The fourth-order valence-electron chi connectivity index (χ4n) is 2.97. The zero-order chi connectivity index (χ0) is 19.2. The smallest absolute Gasteiger partial charge is 0.253 e. The molecule has 4 heteroatoms. The van der Waals surface area contributed by atoms with Crippen LogP contribution in [0.1, 0.15) is 23.0 Å². The minimum atomic E-state index is 0.00984. The molecule has 4 nitrogen and oxygen atoms in total. The number of rotatable bonds is 6. The van der Waals surface area contributed by atoms with Gasteiger partial charge in [0.1, 0.15) is 5.75 Å². The summed E-state index contributed by atoms with van der Waals surface area (Å²) in [6, 6.07) is 21.5. The second kappa shape index (κ2) is 8.49. The number of nitrogens with zero attached hydrogens (tertiary/aromatic N) is 2. The van der Waals surface area contributed by atoms with Crippen molar-refractivity contribution in [1.82, 2.24) is 9.88 Å². The molecule has 0 aliphatic heterocycles. The van der Waals surface area contributed by atoms with Gasteiger partial charge in [0, 0.05) is 37.0 Å². The van der Waals surface area contributed by atoms with Gasteiger partial charge in [-0.05, 0) is 54.4 Å². The Kier molecular flexibility index (Phi) is 5.87. The van der Waals surface area contributed by atoms with E-state index in [1.165, 1.54) is 0 Å². The van der Waals surface area contributed by atoms with E-state index in [1.54, 1.807) is 18.2 Å². The van der Waals surface area contributed by atoms with E-state index in [9.17, 15) is 4.79 Å². The van der Waals surface area contributed by atoms with E-state index in [4.69, 9.17) is 4.74 Å².